The lowest BCUT2D eigenvalue weighted by atomic mass is 10.1. The van der Waals surface area contributed by atoms with Crippen LogP contribution in [0.4, 0.5) is 11.4 Å². The summed E-state index contributed by atoms with van der Waals surface area (Å²) in [5.41, 5.74) is 0.978. The quantitative estimate of drug-likeness (QED) is 0.293. The van der Waals surface area contributed by atoms with Gasteiger partial charge in [0.15, 0.2) is 0 Å². The van der Waals surface area contributed by atoms with Crippen molar-refractivity contribution >= 4 is 59.7 Å². The van der Waals surface area contributed by atoms with Gasteiger partial charge in [0.05, 0.1) is 30.7 Å². The van der Waals surface area contributed by atoms with E-state index in [1.54, 1.807) is 38.1 Å². The SMILES string of the molecule is CCOC(=O)C1(C(=O)OCC)Nc2ccc(CNCC(O)c3cccc(Cl)c3)cc2N1.Cl.Cl. The third-order valence-corrected chi connectivity index (χ3v) is 5.03. The Morgan fingerprint density at radius 3 is 2.27 bits per heavy atom. The molecule has 0 bridgehead atoms. The molecule has 0 amide bonds. The van der Waals surface area contributed by atoms with E-state index in [0.717, 1.165) is 11.1 Å². The van der Waals surface area contributed by atoms with Crippen molar-refractivity contribution in [2.75, 3.05) is 30.4 Å². The van der Waals surface area contributed by atoms with Crippen LogP contribution in [0.25, 0.3) is 0 Å². The predicted molar refractivity (Wildman–Crippen MR) is 132 cm³/mol. The highest BCUT2D eigenvalue weighted by molar-refractivity contribution is 6.30. The number of anilines is 2. The zero-order valence-electron chi connectivity index (χ0n) is 18.2. The van der Waals surface area contributed by atoms with Crippen molar-refractivity contribution < 1.29 is 24.2 Å². The first-order valence-corrected chi connectivity index (χ1v) is 10.5. The first kappa shape index (κ1) is 28.8. The third-order valence-electron chi connectivity index (χ3n) is 4.79. The minimum Gasteiger partial charge on any atom is -0.462 e. The number of hydrogen-bond acceptors (Lipinski definition) is 8. The van der Waals surface area contributed by atoms with Crippen molar-refractivity contribution in [2.24, 2.45) is 0 Å². The summed E-state index contributed by atoms with van der Waals surface area (Å²) in [7, 11) is 0. The molecule has 0 aliphatic carbocycles. The molecule has 0 spiro atoms. The van der Waals surface area contributed by atoms with Gasteiger partial charge >= 0.3 is 17.6 Å². The van der Waals surface area contributed by atoms with Gasteiger partial charge in [-0.1, -0.05) is 29.8 Å². The maximum absolute atomic E-state index is 12.5. The molecular formula is C22H28Cl3N3O5. The van der Waals surface area contributed by atoms with E-state index in [9.17, 15) is 14.7 Å². The smallest absolute Gasteiger partial charge is 0.365 e. The number of hydrogen-bond donors (Lipinski definition) is 4. The van der Waals surface area contributed by atoms with E-state index < -0.39 is 23.7 Å². The van der Waals surface area contributed by atoms with Gasteiger partial charge < -0.3 is 30.5 Å². The fourth-order valence-electron chi connectivity index (χ4n) is 3.30. The molecule has 4 N–H and O–H groups in total. The summed E-state index contributed by atoms with van der Waals surface area (Å²) < 4.78 is 10.2. The summed E-state index contributed by atoms with van der Waals surface area (Å²) in [6.45, 7) is 4.39. The maximum atomic E-state index is 12.5. The van der Waals surface area contributed by atoms with Crippen molar-refractivity contribution in [2.45, 2.75) is 32.2 Å². The molecule has 2 aromatic rings. The molecular weight excluding hydrogens is 493 g/mol. The highest BCUT2D eigenvalue weighted by Gasteiger charge is 2.53. The Labute approximate surface area is 210 Å². The van der Waals surface area contributed by atoms with E-state index in [-0.39, 0.29) is 38.0 Å². The fraction of sp³-hybridized carbons (Fsp3) is 0.364. The number of rotatable bonds is 9. The number of fused-ring (bicyclic) bond motifs is 1. The normalized spacial score (nSPS) is 13.8. The van der Waals surface area contributed by atoms with E-state index in [1.165, 1.54) is 0 Å². The van der Waals surface area contributed by atoms with E-state index in [2.05, 4.69) is 16.0 Å². The summed E-state index contributed by atoms with van der Waals surface area (Å²) in [6, 6.07) is 12.5. The second-order valence-corrected chi connectivity index (χ2v) is 7.46. The highest BCUT2D eigenvalue weighted by Crippen LogP contribution is 2.36. The number of benzene rings is 2. The number of nitrogens with one attached hydrogen (secondary N) is 3. The lowest BCUT2D eigenvalue weighted by Crippen LogP contribution is -2.58. The van der Waals surface area contributed by atoms with Gasteiger partial charge in [-0.3, -0.25) is 0 Å². The standard InChI is InChI=1S/C22H26ClN3O5.2ClH/c1-3-30-20(28)22(21(29)31-4-2)25-17-9-8-14(10-18(17)26-22)12-24-13-19(27)15-6-5-7-16(23)11-15;;/h5-11,19,24-27H,3-4,12-13H2,1-2H3;2*1H. The van der Waals surface area contributed by atoms with Gasteiger partial charge in [-0.25, -0.2) is 9.59 Å². The molecule has 8 nitrogen and oxygen atoms in total. The van der Waals surface area contributed by atoms with Crippen LogP contribution in [-0.4, -0.2) is 42.5 Å². The lowest BCUT2D eigenvalue weighted by molar-refractivity contribution is -0.160. The largest absolute Gasteiger partial charge is 0.462 e. The van der Waals surface area contributed by atoms with Crippen LogP contribution >= 0.6 is 36.4 Å². The maximum Gasteiger partial charge on any atom is 0.365 e. The van der Waals surface area contributed by atoms with Crippen molar-refractivity contribution in [1.82, 2.24) is 5.32 Å². The molecule has 0 aromatic heterocycles. The molecule has 0 saturated carbocycles. The Balaban J connectivity index is 0.00000272. The molecule has 3 rings (SSSR count). The van der Waals surface area contributed by atoms with Gasteiger partial charge in [-0.2, -0.15) is 0 Å². The van der Waals surface area contributed by atoms with Gasteiger partial charge in [0.25, 0.3) is 0 Å². The Morgan fingerprint density at radius 1 is 1.03 bits per heavy atom. The number of carbonyl (C=O) groups excluding carboxylic acids is 2. The van der Waals surface area contributed by atoms with Crippen molar-refractivity contribution in [3.8, 4) is 0 Å². The van der Waals surface area contributed by atoms with Crippen LogP contribution < -0.4 is 16.0 Å². The Hall–Kier alpha value is -2.23. The zero-order chi connectivity index (χ0) is 22.4. The second-order valence-electron chi connectivity index (χ2n) is 7.02. The monoisotopic (exact) mass is 519 g/mol. The van der Waals surface area contributed by atoms with Gasteiger partial charge in [-0.05, 0) is 49.2 Å². The van der Waals surface area contributed by atoms with Crippen LogP contribution in [0.15, 0.2) is 42.5 Å². The van der Waals surface area contributed by atoms with Crippen LogP contribution in [0, 0.1) is 0 Å². The van der Waals surface area contributed by atoms with E-state index in [0.29, 0.717) is 29.5 Å². The minimum atomic E-state index is -1.82. The van der Waals surface area contributed by atoms with Crippen LogP contribution in [0.1, 0.15) is 31.1 Å². The molecule has 0 radical (unpaired) electrons. The molecule has 1 heterocycles. The number of carbonyl (C=O) groups is 2. The average molecular weight is 521 g/mol. The molecule has 1 unspecified atom stereocenters. The Morgan fingerprint density at radius 2 is 1.67 bits per heavy atom. The first-order valence-electron chi connectivity index (χ1n) is 10.1. The van der Waals surface area contributed by atoms with Gasteiger partial charge in [-0.15, -0.1) is 24.8 Å². The van der Waals surface area contributed by atoms with Crippen LogP contribution in [0.2, 0.25) is 5.02 Å². The van der Waals surface area contributed by atoms with E-state index >= 15 is 0 Å². The second kappa shape index (κ2) is 12.9. The first-order chi connectivity index (χ1) is 14.9. The van der Waals surface area contributed by atoms with Crippen molar-refractivity contribution in [3.63, 3.8) is 0 Å². The molecule has 1 atom stereocenters. The minimum absolute atomic E-state index is 0. The molecule has 182 valence electrons. The molecule has 33 heavy (non-hydrogen) atoms. The van der Waals surface area contributed by atoms with Gasteiger partial charge in [0, 0.05) is 18.1 Å². The summed E-state index contributed by atoms with van der Waals surface area (Å²) in [6.07, 6.45) is -0.701. The van der Waals surface area contributed by atoms with Crippen LogP contribution in [0.5, 0.6) is 0 Å². The van der Waals surface area contributed by atoms with E-state index in [4.69, 9.17) is 21.1 Å². The zero-order valence-corrected chi connectivity index (χ0v) is 20.6. The lowest BCUT2D eigenvalue weighted by Gasteiger charge is -2.25. The topological polar surface area (TPSA) is 109 Å². The Bertz CT molecular complexity index is 943. The number of esters is 2. The molecule has 1 aliphatic heterocycles. The van der Waals surface area contributed by atoms with Gasteiger partial charge in [0.1, 0.15) is 0 Å². The molecule has 0 saturated heterocycles. The van der Waals surface area contributed by atoms with Crippen molar-refractivity contribution in [3.05, 3.63) is 58.6 Å². The molecule has 0 fully saturated rings. The van der Waals surface area contributed by atoms with Crippen LogP contribution in [0.3, 0.4) is 0 Å². The molecule has 11 heteroatoms. The molecule has 1 aliphatic rings. The van der Waals surface area contributed by atoms with E-state index in [1.807, 2.05) is 18.2 Å². The third kappa shape index (κ3) is 6.65. The predicted octanol–water partition coefficient (Wildman–Crippen LogP) is 3.67. The number of halogens is 3. The summed E-state index contributed by atoms with van der Waals surface area (Å²) in [5, 5.41) is 19.9. The highest BCUT2D eigenvalue weighted by atomic mass is 35.5. The van der Waals surface area contributed by atoms with Gasteiger partial charge in [0.2, 0.25) is 0 Å². The summed E-state index contributed by atoms with van der Waals surface area (Å²) in [5.74, 6) is -1.51. The summed E-state index contributed by atoms with van der Waals surface area (Å²) >= 11 is 5.97. The molecule has 2 aromatic carbocycles. The number of aliphatic hydroxyl groups excluding tert-OH is 1. The summed E-state index contributed by atoms with van der Waals surface area (Å²) in [4.78, 5) is 25.1. The van der Waals surface area contributed by atoms with Crippen molar-refractivity contribution in [1.29, 1.82) is 0 Å². The Kier molecular flexibility index (Phi) is 11.2. The number of aliphatic hydroxyl groups is 1. The average Bonchev–Trinajstić information content (AvgIpc) is 3.14. The number of ether oxygens (including phenoxy) is 2. The fourth-order valence-corrected chi connectivity index (χ4v) is 3.50. The van der Waals surface area contributed by atoms with Crippen LogP contribution in [-0.2, 0) is 25.6 Å².